The number of hydrazine groups is 1. The molecule has 3 rings (SSSR count). The van der Waals surface area contributed by atoms with Crippen LogP contribution in [0.2, 0.25) is 0 Å². The summed E-state index contributed by atoms with van der Waals surface area (Å²) < 4.78 is 38.9. The number of ether oxygens (including phenoxy) is 2. The van der Waals surface area contributed by atoms with Crippen LogP contribution < -0.4 is 5.43 Å². The Kier molecular flexibility index (Phi) is 6.11. The lowest BCUT2D eigenvalue weighted by molar-refractivity contribution is -0.140. The summed E-state index contributed by atoms with van der Waals surface area (Å²) in [4.78, 5) is 12.7. The van der Waals surface area contributed by atoms with Crippen molar-refractivity contribution in [2.45, 2.75) is 62.9 Å². The molecule has 1 unspecified atom stereocenters. The molecule has 2 aliphatic rings. The van der Waals surface area contributed by atoms with Crippen LogP contribution in [0.15, 0.2) is 29.2 Å². The SMILES string of the molecule is Cc1ccc(S(=O)(=O)N2NC(=O)C(CCCO)[C@@H]2C[C@H]2COC(C)(C)O2)cc1. The van der Waals surface area contributed by atoms with Crippen molar-refractivity contribution in [3.8, 4) is 0 Å². The van der Waals surface area contributed by atoms with Crippen LogP contribution in [0.3, 0.4) is 0 Å². The second-order valence-electron chi connectivity index (χ2n) is 7.82. The number of aliphatic hydroxyl groups excluding tert-OH is 1. The van der Waals surface area contributed by atoms with Crippen LogP contribution in [0.1, 0.15) is 38.7 Å². The van der Waals surface area contributed by atoms with Crippen LogP contribution in [0.25, 0.3) is 0 Å². The minimum atomic E-state index is -3.92. The Morgan fingerprint density at radius 2 is 1.96 bits per heavy atom. The molecule has 28 heavy (non-hydrogen) atoms. The molecular formula is C19H28N2O6S. The Morgan fingerprint density at radius 1 is 1.29 bits per heavy atom. The first kappa shape index (κ1) is 21.2. The summed E-state index contributed by atoms with van der Waals surface area (Å²) in [6.45, 7) is 5.76. The van der Waals surface area contributed by atoms with Crippen LogP contribution in [-0.4, -0.2) is 55.0 Å². The van der Waals surface area contributed by atoms with Crippen molar-refractivity contribution in [2.24, 2.45) is 5.92 Å². The number of rotatable bonds is 7. The van der Waals surface area contributed by atoms with E-state index in [2.05, 4.69) is 5.43 Å². The first-order chi connectivity index (χ1) is 13.1. The standard InChI is InChI=1S/C19H28N2O6S/c1-13-6-8-15(9-7-13)28(24,25)21-17(11-14-12-26-19(2,3)27-14)16(5-4-10-22)18(23)20-21/h6-9,14,16-17,22H,4-5,10-12H2,1-3H3,(H,20,23)/t14-,16?,17-/m0/s1. The normalized spacial score (nSPS) is 27.9. The number of carbonyl (C=O) groups is 1. The van der Waals surface area contributed by atoms with Crippen molar-refractivity contribution < 1.29 is 27.8 Å². The Morgan fingerprint density at radius 3 is 2.54 bits per heavy atom. The molecule has 9 heteroatoms. The molecule has 1 amide bonds. The molecule has 0 saturated carbocycles. The van der Waals surface area contributed by atoms with Crippen molar-refractivity contribution in [1.82, 2.24) is 9.84 Å². The molecule has 0 spiro atoms. The second-order valence-corrected chi connectivity index (χ2v) is 9.63. The molecule has 2 saturated heterocycles. The van der Waals surface area contributed by atoms with E-state index in [0.29, 0.717) is 25.9 Å². The topological polar surface area (TPSA) is 105 Å². The molecule has 2 heterocycles. The largest absolute Gasteiger partial charge is 0.396 e. The monoisotopic (exact) mass is 412 g/mol. The van der Waals surface area contributed by atoms with E-state index < -0.39 is 27.8 Å². The highest BCUT2D eigenvalue weighted by molar-refractivity contribution is 7.89. The lowest BCUT2D eigenvalue weighted by Gasteiger charge is -2.27. The second kappa shape index (κ2) is 8.08. The van der Waals surface area contributed by atoms with Gasteiger partial charge in [0.05, 0.1) is 29.6 Å². The van der Waals surface area contributed by atoms with E-state index in [1.807, 2.05) is 6.92 Å². The number of aliphatic hydroxyl groups is 1. The molecular weight excluding hydrogens is 384 g/mol. The Hall–Kier alpha value is -1.52. The van der Waals surface area contributed by atoms with Gasteiger partial charge in [0, 0.05) is 6.61 Å². The Balaban J connectivity index is 1.88. The predicted molar refractivity (Wildman–Crippen MR) is 101 cm³/mol. The maximum atomic E-state index is 13.2. The molecule has 2 N–H and O–H groups in total. The maximum absolute atomic E-state index is 13.2. The molecule has 8 nitrogen and oxygen atoms in total. The fourth-order valence-corrected chi connectivity index (χ4v) is 5.22. The van der Waals surface area contributed by atoms with Crippen LogP contribution >= 0.6 is 0 Å². The van der Waals surface area contributed by atoms with Crippen molar-refractivity contribution in [1.29, 1.82) is 0 Å². The van der Waals surface area contributed by atoms with E-state index in [0.717, 1.165) is 9.98 Å². The average Bonchev–Trinajstić information content (AvgIpc) is 3.13. The van der Waals surface area contributed by atoms with E-state index >= 15 is 0 Å². The van der Waals surface area contributed by atoms with Gasteiger partial charge in [-0.25, -0.2) is 8.42 Å². The number of carbonyl (C=O) groups excluding carboxylic acids is 1. The number of hydrogen-bond acceptors (Lipinski definition) is 6. The van der Waals surface area contributed by atoms with Gasteiger partial charge in [0.2, 0.25) is 5.91 Å². The molecule has 0 bridgehead atoms. The fraction of sp³-hybridized carbons (Fsp3) is 0.632. The summed E-state index contributed by atoms with van der Waals surface area (Å²) in [5.74, 6) is -1.64. The minimum absolute atomic E-state index is 0.0583. The lowest BCUT2D eigenvalue weighted by atomic mass is 9.92. The number of nitrogens with one attached hydrogen (secondary N) is 1. The number of sulfonamides is 1. The van der Waals surface area contributed by atoms with Gasteiger partial charge in [-0.2, -0.15) is 0 Å². The third-order valence-corrected chi connectivity index (χ3v) is 6.89. The van der Waals surface area contributed by atoms with Gasteiger partial charge in [0.25, 0.3) is 10.0 Å². The fourth-order valence-electron chi connectivity index (χ4n) is 3.72. The zero-order valence-electron chi connectivity index (χ0n) is 16.4. The number of amides is 1. The van der Waals surface area contributed by atoms with E-state index in [9.17, 15) is 18.3 Å². The molecule has 1 aromatic rings. The zero-order valence-corrected chi connectivity index (χ0v) is 17.2. The van der Waals surface area contributed by atoms with E-state index in [1.54, 1.807) is 26.0 Å². The van der Waals surface area contributed by atoms with E-state index in [1.165, 1.54) is 12.1 Å². The lowest BCUT2D eigenvalue weighted by Crippen LogP contribution is -2.45. The zero-order chi connectivity index (χ0) is 20.5. The smallest absolute Gasteiger partial charge is 0.260 e. The van der Waals surface area contributed by atoms with Gasteiger partial charge >= 0.3 is 0 Å². The summed E-state index contributed by atoms with van der Waals surface area (Å²) in [6, 6.07) is 5.90. The van der Waals surface area contributed by atoms with Crippen LogP contribution in [0.4, 0.5) is 0 Å². The Labute approximate surface area is 165 Å². The van der Waals surface area contributed by atoms with Gasteiger partial charge in [-0.1, -0.05) is 17.7 Å². The molecule has 3 atom stereocenters. The van der Waals surface area contributed by atoms with Gasteiger partial charge in [-0.3, -0.25) is 10.2 Å². The number of benzene rings is 1. The van der Waals surface area contributed by atoms with E-state index in [-0.39, 0.29) is 23.5 Å². The molecule has 2 fully saturated rings. The maximum Gasteiger partial charge on any atom is 0.260 e. The predicted octanol–water partition coefficient (Wildman–Crippen LogP) is 1.33. The van der Waals surface area contributed by atoms with Gasteiger partial charge in [-0.05, 0) is 52.2 Å². The van der Waals surface area contributed by atoms with Crippen LogP contribution in [0.5, 0.6) is 0 Å². The molecule has 0 radical (unpaired) electrons. The summed E-state index contributed by atoms with van der Waals surface area (Å²) in [6.07, 6.45) is 0.813. The first-order valence-electron chi connectivity index (χ1n) is 9.48. The van der Waals surface area contributed by atoms with Gasteiger partial charge in [0.1, 0.15) is 0 Å². The quantitative estimate of drug-likeness (QED) is 0.700. The van der Waals surface area contributed by atoms with Crippen molar-refractivity contribution in [3.05, 3.63) is 29.8 Å². The highest BCUT2D eigenvalue weighted by Gasteiger charge is 2.48. The minimum Gasteiger partial charge on any atom is -0.396 e. The first-order valence-corrected chi connectivity index (χ1v) is 10.9. The van der Waals surface area contributed by atoms with Crippen molar-refractivity contribution in [3.63, 3.8) is 0 Å². The highest BCUT2D eigenvalue weighted by Crippen LogP contribution is 2.34. The summed E-state index contributed by atoms with van der Waals surface area (Å²) in [5.41, 5.74) is 3.48. The van der Waals surface area contributed by atoms with Gasteiger partial charge in [0.15, 0.2) is 5.79 Å². The van der Waals surface area contributed by atoms with Gasteiger partial charge < -0.3 is 14.6 Å². The third kappa shape index (κ3) is 4.38. The molecule has 0 aliphatic carbocycles. The highest BCUT2D eigenvalue weighted by atomic mass is 32.2. The van der Waals surface area contributed by atoms with Crippen molar-refractivity contribution >= 4 is 15.9 Å². The average molecular weight is 413 g/mol. The number of nitrogens with zero attached hydrogens (tertiary/aromatic N) is 1. The van der Waals surface area contributed by atoms with Crippen LogP contribution in [0, 0.1) is 12.8 Å². The van der Waals surface area contributed by atoms with Crippen molar-refractivity contribution in [2.75, 3.05) is 13.2 Å². The van der Waals surface area contributed by atoms with Crippen LogP contribution in [-0.2, 0) is 24.3 Å². The van der Waals surface area contributed by atoms with Gasteiger partial charge in [-0.15, -0.1) is 4.41 Å². The Bertz CT molecular complexity index is 808. The number of hydrogen-bond donors (Lipinski definition) is 2. The van der Waals surface area contributed by atoms with E-state index in [4.69, 9.17) is 9.47 Å². The summed E-state index contributed by atoms with van der Waals surface area (Å²) in [7, 11) is -3.92. The molecule has 0 aromatic heterocycles. The molecule has 156 valence electrons. The molecule has 1 aromatic carbocycles. The third-order valence-electron chi connectivity index (χ3n) is 5.15. The summed E-state index contributed by atoms with van der Waals surface area (Å²) in [5, 5.41) is 9.17. The molecule has 2 aliphatic heterocycles. The summed E-state index contributed by atoms with van der Waals surface area (Å²) >= 11 is 0. The number of aryl methyl sites for hydroxylation is 1.